The molecule has 0 bridgehead atoms. The van der Waals surface area contributed by atoms with Crippen molar-refractivity contribution in [2.45, 2.75) is 19.4 Å². The fourth-order valence-corrected chi connectivity index (χ4v) is 1.56. The summed E-state index contributed by atoms with van der Waals surface area (Å²) in [5, 5.41) is 4.19. The van der Waals surface area contributed by atoms with Gasteiger partial charge in [-0.2, -0.15) is 5.10 Å². The van der Waals surface area contributed by atoms with Crippen LogP contribution >= 0.6 is 15.9 Å². The van der Waals surface area contributed by atoms with Crippen molar-refractivity contribution in [1.82, 2.24) is 9.78 Å². The summed E-state index contributed by atoms with van der Waals surface area (Å²) in [7, 11) is 0. The highest BCUT2D eigenvalue weighted by Gasteiger charge is 2.33. The second-order valence-electron chi connectivity index (χ2n) is 3.31. The molecule has 0 saturated heterocycles. The largest absolute Gasteiger partial charge is 0.474 e. The van der Waals surface area contributed by atoms with Gasteiger partial charge in [0.15, 0.2) is 0 Å². The summed E-state index contributed by atoms with van der Waals surface area (Å²) in [5.74, 6) is 0.843. The standard InChI is InChI=1S/C7H9BrN2O/c1-7(2)4-11-6-5(8)3-9-10(6)7/h3H,4H2,1-2H3. The Morgan fingerprint density at radius 1 is 1.73 bits per heavy atom. The maximum absolute atomic E-state index is 5.44. The van der Waals surface area contributed by atoms with Crippen LogP contribution in [0.25, 0.3) is 0 Å². The normalized spacial score (nSPS) is 19.5. The van der Waals surface area contributed by atoms with Crippen molar-refractivity contribution in [2.24, 2.45) is 0 Å². The topological polar surface area (TPSA) is 27.1 Å². The van der Waals surface area contributed by atoms with Gasteiger partial charge in [0.25, 0.3) is 0 Å². The van der Waals surface area contributed by atoms with E-state index in [1.807, 2.05) is 4.68 Å². The molecule has 0 atom stereocenters. The first-order valence-corrected chi connectivity index (χ1v) is 4.27. The molecule has 3 nitrogen and oxygen atoms in total. The smallest absolute Gasteiger partial charge is 0.227 e. The van der Waals surface area contributed by atoms with Gasteiger partial charge in [-0.25, -0.2) is 4.68 Å². The molecule has 0 spiro atoms. The SMILES string of the molecule is CC1(C)COc2c(Br)cnn21. The van der Waals surface area contributed by atoms with Gasteiger partial charge in [-0.05, 0) is 29.8 Å². The number of fused-ring (bicyclic) bond motifs is 1. The maximum atomic E-state index is 5.44. The molecule has 0 radical (unpaired) electrons. The van der Waals surface area contributed by atoms with Crippen LogP contribution in [-0.2, 0) is 5.54 Å². The van der Waals surface area contributed by atoms with Crippen molar-refractivity contribution in [3.63, 3.8) is 0 Å². The molecular weight excluding hydrogens is 208 g/mol. The summed E-state index contributed by atoms with van der Waals surface area (Å²) in [6.45, 7) is 4.90. The van der Waals surface area contributed by atoms with E-state index in [9.17, 15) is 0 Å². The molecule has 2 rings (SSSR count). The monoisotopic (exact) mass is 216 g/mol. The Morgan fingerprint density at radius 2 is 2.45 bits per heavy atom. The van der Waals surface area contributed by atoms with Crippen molar-refractivity contribution < 1.29 is 4.74 Å². The maximum Gasteiger partial charge on any atom is 0.227 e. The van der Waals surface area contributed by atoms with Crippen LogP contribution in [0.4, 0.5) is 0 Å². The van der Waals surface area contributed by atoms with Gasteiger partial charge in [0.05, 0.1) is 16.2 Å². The minimum atomic E-state index is 0.00134. The third-order valence-corrected chi connectivity index (χ3v) is 2.36. The van der Waals surface area contributed by atoms with Crippen molar-refractivity contribution in [2.75, 3.05) is 6.61 Å². The molecule has 0 aromatic carbocycles. The average molecular weight is 217 g/mol. The molecule has 2 heterocycles. The zero-order chi connectivity index (χ0) is 8.06. The number of nitrogens with zero attached hydrogens (tertiary/aromatic N) is 2. The van der Waals surface area contributed by atoms with Crippen molar-refractivity contribution in [1.29, 1.82) is 0 Å². The van der Waals surface area contributed by atoms with Crippen LogP contribution in [0.3, 0.4) is 0 Å². The van der Waals surface area contributed by atoms with Crippen LogP contribution in [-0.4, -0.2) is 16.4 Å². The van der Waals surface area contributed by atoms with E-state index in [-0.39, 0.29) is 5.54 Å². The first kappa shape index (κ1) is 7.16. The van der Waals surface area contributed by atoms with Crippen molar-refractivity contribution >= 4 is 15.9 Å². The molecule has 0 saturated carbocycles. The number of hydrogen-bond acceptors (Lipinski definition) is 2. The second kappa shape index (κ2) is 2.00. The molecular formula is C7H9BrN2O. The van der Waals surface area contributed by atoms with Gasteiger partial charge in [-0.15, -0.1) is 0 Å². The predicted octanol–water partition coefficient (Wildman–Crippen LogP) is 1.77. The lowest BCUT2D eigenvalue weighted by molar-refractivity contribution is 0.261. The zero-order valence-electron chi connectivity index (χ0n) is 6.47. The Morgan fingerprint density at radius 3 is 3.09 bits per heavy atom. The molecule has 11 heavy (non-hydrogen) atoms. The fraction of sp³-hybridized carbons (Fsp3) is 0.571. The first-order valence-electron chi connectivity index (χ1n) is 3.48. The van der Waals surface area contributed by atoms with Crippen molar-refractivity contribution in [3.05, 3.63) is 10.7 Å². The number of hydrogen-bond donors (Lipinski definition) is 0. The van der Waals surface area contributed by atoms with Crippen molar-refractivity contribution in [3.8, 4) is 5.88 Å². The van der Waals surface area contributed by atoms with E-state index in [0.717, 1.165) is 10.4 Å². The van der Waals surface area contributed by atoms with Crippen LogP contribution in [0.15, 0.2) is 10.7 Å². The third-order valence-electron chi connectivity index (χ3n) is 1.82. The number of aromatic nitrogens is 2. The van der Waals surface area contributed by atoms with Gasteiger partial charge in [0, 0.05) is 0 Å². The molecule has 1 aliphatic heterocycles. The molecule has 0 N–H and O–H groups in total. The van der Waals surface area contributed by atoms with E-state index >= 15 is 0 Å². The van der Waals surface area contributed by atoms with Gasteiger partial charge in [0.2, 0.25) is 5.88 Å². The van der Waals surface area contributed by atoms with E-state index in [4.69, 9.17) is 4.74 Å². The zero-order valence-corrected chi connectivity index (χ0v) is 8.05. The molecule has 4 heteroatoms. The van der Waals surface area contributed by atoms with Gasteiger partial charge >= 0.3 is 0 Å². The van der Waals surface area contributed by atoms with Crippen LogP contribution in [0, 0.1) is 0 Å². The Balaban J connectivity index is 2.57. The predicted molar refractivity (Wildman–Crippen MR) is 44.7 cm³/mol. The van der Waals surface area contributed by atoms with Gasteiger partial charge < -0.3 is 4.74 Å². The molecule has 1 aromatic rings. The lowest BCUT2D eigenvalue weighted by Crippen LogP contribution is -2.26. The Hall–Kier alpha value is -0.510. The Bertz CT molecular complexity index is 293. The van der Waals surface area contributed by atoms with E-state index < -0.39 is 0 Å². The molecule has 0 unspecified atom stereocenters. The quantitative estimate of drug-likeness (QED) is 0.662. The summed E-state index contributed by atoms with van der Waals surface area (Å²) in [5.41, 5.74) is 0.00134. The summed E-state index contributed by atoms with van der Waals surface area (Å²) < 4.78 is 8.27. The summed E-state index contributed by atoms with van der Waals surface area (Å²) in [6.07, 6.45) is 1.76. The Labute approximate surface area is 73.5 Å². The number of rotatable bonds is 0. The Kier molecular flexibility index (Phi) is 1.30. The lowest BCUT2D eigenvalue weighted by atomic mass is 10.1. The highest BCUT2D eigenvalue weighted by atomic mass is 79.9. The minimum Gasteiger partial charge on any atom is -0.474 e. The second-order valence-corrected chi connectivity index (χ2v) is 4.16. The lowest BCUT2D eigenvalue weighted by Gasteiger charge is -2.14. The number of halogens is 1. The van der Waals surface area contributed by atoms with Crippen LogP contribution in [0.2, 0.25) is 0 Å². The first-order chi connectivity index (χ1) is 5.11. The van der Waals surface area contributed by atoms with Crippen LogP contribution < -0.4 is 4.74 Å². The van der Waals surface area contributed by atoms with E-state index in [0.29, 0.717) is 6.61 Å². The molecule has 0 aliphatic carbocycles. The van der Waals surface area contributed by atoms with Gasteiger partial charge in [0.1, 0.15) is 6.61 Å². The summed E-state index contributed by atoms with van der Waals surface area (Å²) >= 11 is 3.36. The van der Waals surface area contributed by atoms with E-state index in [1.54, 1.807) is 6.20 Å². The van der Waals surface area contributed by atoms with E-state index in [1.165, 1.54) is 0 Å². The van der Waals surface area contributed by atoms with E-state index in [2.05, 4.69) is 34.9 Å². The van der Waals surface area contributed by atoms with Gasteiger partial charge in [-0.1, -0.05) is 0 Å². The fourth-order valence-electron chi connectivity index (χ4n) is 1.18. The molecule has 60 valence electrons. The van der Waals surface area contributed by atoms with Crippen LogP contribution in [0.1, 0.15) is 13.8 Å². The summed E-state index contributed by atoms with van der Waals surface area (Å²) in [4.78, 5) is 0. The third kappa shape index (κ3) is 0.888. The highest BCUT2D eigenvalue weighted by Crippen LogP contribution is 2.35. The molecule has 1 aromatic heterocycles. The molecule has 0 amide bonds. The average Bonchev–Trinajstić information content (AvgIpc) is 2.39. The highest BCUT2D eigenvalue weighted by molar-refractivity contribution is 9.10. The minimum absolute atomic E-state index is 0.00134. The van der Waals surface area contributed by atoms with Crippen LogP contribution in [0.5, 0.6) is 5.88 Å². The van der Waals surface area contributed by atoms with Gasteiger partial charge in [-0.3, -0.25) is 0 Å². The molecule has 1 aliphatic rings. The summed E-state index contributed by atoms with van der Waals surface area (Å²) in [6, 6.07) is 0. The number of ether oxygens (including phenoxy) is 1. The molecule has 0 fully saturated rings.